The van der Waals surface area contributed by atoms with Crippen LogP contribution in [0.1, 0.15) is 29.9 Å². The molecular weight excluding hydrogens is 228 g/mol. The lowest BCUT2D eigenvalue weighted by molar-refractivity contribution is 0.0950. The Bertz CT molecular complexity index is 462. The second-order valence-corrected chi connectivity index (χ2v) is 3.38. The lowest BCUT2D eigenvalue weighted by Crippen LogP contribution is -2.22. The fourth-order valence-electron chi connectivity index (χ4n) is 1.29. The Hall–Kier alpha value is -2.30. The van der Waals surface area contributed by atoms with Crippen LogP contribution in [0.4, 0.5) is 5.69 Å². The molecule has 96 valence electrons. The number of rotatable bonds is 3. The molecule has 0 radical (unpaired) electrons. The van der Waals surface area contributed by atoms with E-state index in [0.29, 0.717) is 17.8 Å². The Morgan fingerprint density at radius 3 is 2.56 bits per heavy atom. The first-order valence-corrected chi connectivity index (χ1v) is 5.87. The van der Waals surface area contributed by atoms with Crippen LogP contribution in [0, 0.1) is 0 Å². The van der Waals surface area contributed by atoms with Gasteiger partial charge in [0.1, 0.15) is 0 Å². The molecule has 0 fully saturated rings. The Morgan fingerprint density at radius 1 is 1.33 bits per heavy atom. The van der Waals surface area contributed by atoms with E-state index < -0.39 is 0 Å². The van der Waals surface area contributed by atoms with Crippen LogP contribution in [-0.4, -0.2) is 15.9 Å². The summed E-state index contributed by atoms with van der Waals surface area (Å²) < 4.78 is 0. The third-order valence-electron chi connectivity index (χ3n) is 2.17. The van der Waals surface area contributed by atoms with Gasteiger partial charge in [-0.2, -0.15) is 0 Å². The number of nitrogens with zero attached hydrogens (tertiary/aromatic N) is 1. The smallest absolute Gasteiger partial charge is 0.251 e. The molecule has 5 heteroatoms. The van der Waals surface area contributed by atoms with Crippen LogP contribution in [-0.2, 0) is 6.54 Å². The number of aromatic nitrogens is 2. The summed E-state index contributed by atoms with van der Waals surface area (Å²) in [6, 6.07) is 6.78. The van der Waals surface area contributed by atoms with Crippen molar-refractivity contribution in [1.82, 2.24) is 15.3 Å². The normalized spacial score (nSPS) is 9.22. The Balaban J connectivity index is 0.000000771. The van der Waals surface area contributed by atoms with Crippen molar-refractivity contribution in [3.63, 3.8) is 0 Å². The number of nitrogens with one attached hydrogen (secondary N) is 2. The van der Waals surface area contributed by atoms with Gasteiger partial charge in [0.2, 0.25) is 0 Å². The summed E-state index contributed by atoms with van der Waals surface area (Å²) in [7, 11) is 0. The molecule has 0 saturated carbocycles. The van der Waals surface area contributed by atoms with Gasteiger partial charge in [0.25, 0.3) is 5.91 Å². The lowest BCUT2D eigenvalue weighted by Gasteiger charge is -2.03. The van der Waals surface area contributed by atoms with Gasteiger partial charge in [-0.3, -0.25) is 4.79 Å². The quantitative estimate of drug-likeness (QED) is 0.724. The number of H-pyrrole nitrogens is 1. The number of anilines is 1. The molecule has 1 amide bonds. The summed E-state index contributed by atoms with van der Waals surface area (Å²) in [6.07, 6.45) is 3.24. The van der Waals surface area contributed by atoms with Gasteiger partial charge in [0.05, 0.1) is 18.6 Å². The van der Waals surface area contributed by atoms with E-state index in [1.54, 1.807) is 36.8 Å². The van der Waals surface area contributed by atoms with Crippen LogP contribution < -0.4 is 11.1 Å². The van der Waals surface area contributed by atoms with Crippen LogP contribution in [0.2, 0.25) is 0 Å². The Morgan fingerprint density at radius 2 is 2.00 bits per heavy atom. The van der Waals surface area contributed by atoms with E-state index in [1.807, 2.05) is 13.8 Å². The molecule has 0 saturated heterocycles. The molecule has 0 atom stereocenters. The van der Waals surface area contributed by atoms with Crippen LogP contribution in [0.15, 0.2) is 36.8 Å². The second-order valence-electron chi connectivity index (χ2n) is 3.38. The largest absolute Gasteiger partial charge is 0.399 e. The monoisotopic (exact) mass is 246 g/mol. The number of hydrogen-bond acceptors (Lipinski definition) is 3. The molecule has 0 bridgehead atoms. The average molecular weight is 246 g/mol. The average Bonchev–Trinajstić information content (AvgIpc) is 2.92. The molecule has 5 nitrogen and oxygen atoms in total. The SMILES string of the molecule is CC.Nc1ccc(C(=O)NCc2cnc[nH]2)cc1. The zero-order chi connectivity index (χ0) is 13.4. The maximum Gasteiger partial charge on any atom is 0.251 e. The fourth-order valence-corrected chi connectivity index (χ4v) is 1.29. The van der Waals surface area contributed by atoms with Crippen molar-refractivity contribution in [2.75, 3.05) is 5.73 Å². The molecule has 0 spiro atoms. The molecule has 0 aliphatic heterocycles. The number of amides is 1. The number of nitrogen functional groups attached to an aromatic ring is 1. The van der Waals surface area contributed by atoms with Crippen LogP contribution in [0.25, 0.3) is 0 Å². The zero-order valence-corrected chi connectivity index (χ0v) is 10.6. The number of benzene rings is 1. The molecule has 0 unspecified atom stereocenters. The number of aromatic amines is 1. The van der Waals surface area contributed by atoms with Crippen molar-refractivity contribution in [2.24, 2.45) is 0 Å². The zero-order valence-electron chi connectivity index (χ0n) is 10.6. The number of hydrogen-bond donors (Lipinski definition) is 3. The molecule has 1 heterocycles. The molecule has 2 rings (SSSR count). The van der Waals surface area contributed by atoms with Crippen LogP contribution >= 0.6 is 0 Å². The minimum absolute atomic E-state index is 0.130. The standard InChI is InChI=1S/C11H12N4O.C2H6/c12-9-3-1-8(2-4-9)11(16)14-6-10-5-13-7-15-10;1-2/h1-5,7H,6,12H2,(H,13,15)(H,14,16);1-2H3. The van der Waals surface area contributed by atoms with Crippen molar-refractivity contribution in [3.8, 4) is 0 Å². The molecule has 0 aliphatic rings. The number of carbonyl (C=O) groups excluding carboxylic acids is 1. The first kappa shape index (κ1) is 13.8. The van der Waals surface area contributed by atoms with Crippen molar-refractivity contribution in [3.05, 3.63) is 48.0 Å². The highest BCUT2D eigenvalue weighted by molar-refractivity contribution is 5.94. The van der Waals surface area contributed by atoms with Gasteiger partial charge >= 0.3 is 0 Å². The van der Waals surface area contributed by atoms with E-state index >= 15 is 0 Å². The van der Waals surface area contributed by atoms with Gasteiger partial charge in [-0.15, -0.1) is 0 Å². The van der Waals surface area contributed by atoms with Crippen LogP contribution in [0.5, 0.6) is 0 Å². The van der Waals surface area contributed by atoms with Crippen molar-refractivity contribution < 1.29 is 4.79 Å². The summed E-state index contributed by atoms with van der Waals surface area (Å²) >= 11 is 0. The third-order valence-corrected chi connectivity index (χ3v) is 2.17. The number of nitrogens with two attached hydrogens (primary N) is 1. The highest BCUT2D eigenvalue weighted by atomic mass is 16.1. The molecular formula is C13H18N4O. The summed E-state index contributed by atoms with van der Waals surface area (Å²) in [4.78, 5) is 18.4. The van der Waals surface area contributed by atoms with E-state index in [1.165, 1.54) is 0 Å². The number of carbonyl (C=O) groups is 1. The van der Waals surface area contributed by atoms with E-state index in [-0.39, 0.29) is 5.91 Å². The van der Waals surface area contributed by atoms with Crippen molar-refractivity contribution in [2.45, 2.75) is 20.4 Å². The van der Waals surface area contributed by atoms with Crippen molar-refractivity contribution in [1.29, 1.82) is 0 Å². The van der Waals surface area contributed by atoms with Gasteiger partial charge in [-0.25, -0.2) is 4.98 Å². The molecule has 1 aromatic carbocycles. The first-order chi connectivity index (χ1) is 8.75. The van der Waals surface area contributed by atoms with Gasteiger partial charge in [0.15, 0.2) is 0 Å². The van der Waals surface area contributed by atoms with Gasteiger partial charge in [-0.05, 0) is 24.3 Å². The van der Waals surface area contributed by atoms with E-state index in [4.69, 9.17) is 5.73 Å². The summed E-state index contributed by atoms with van der Waals surface area (Å²) in [6.45, 7) is 4.43. The maximum atomic E-state index is 11.7. The highest BCUT2D eigenvalue weighted by Gasteiger charge is 2.04. The number of imidazole rings is 1. The molecule has 4 N–H and O–H groups in total. The van der Waals surface area contributed by atoms with E-state index in [0.717, 1.165) is 5.69 Å². The highest BCUT2D eigenvalue weighted by Crippen LogP contribution is 2.05. The Kier molecular flexibility index (Phi) is 5.44. The third kappa shape index (κ3) is 3.93. The van der Waals surface area contributed by atoms with Gasteiger partial charge in [-0.1, -0.05) is 13.8 Å². The molecule has 18 heavy (non-hydrogen) atoms. The first-order valence-electron chi connectivity index (χ1n) is 5.87. The summed E-state index contributed by atoms with van der Waals surface area (Å²) in [5.74, 6) is -0.130. The predicted molar refractivity (Wildman–Crippen MR) is 72.0 cm³/mol. The topological polar surface area (TPSA) is 83.8 Å². The minimum Gasteiger partial charge on any atom is -0.399 e. The van der Waals surface area contributed by atoms with Crippen molar-refractivity contribution >= 4 is 11.6 Å². The summed E-state index contributed by atoms with van der Waals surface area (Å²) in [5.41, 5.74) is 7.63. The van der Waals surface area contributed by atoms with E-state index in [9.17, 15) is 4.79 Å². The second kappa shape index (κ2) is 7.11. The molecule has 1 aromatic heterocycles. The predicted octanol–water partition coefficient (Wildman–Crippen LogP) is 1.95. The molecule has 2 aromatic rings. The summed E-state index contributed by atoms with van der Waals surface area (Å²) in [5, 5.41) is 2.77. The van der Waals surface area contributed by atoms with Crippen LogP contribution in [0.3, 0.4) is 0 Å². The van der Waals surface area contributed by atoms with Gasteiger partial charge in [0, 0.05) is 17.4 Å². The minimum atomic E-state index is -0.130. The Labute approximate surface area is 106 Å². The van der Waals surface area contributed by atoms with Gasteiger partial charge < -0.3 is 16.0 Å². The molecule has 0 aliphatic carbocycles. The maximum absolute atomic E-state index is 11.7. The lowest BCUT2D eigenvalue weighted by atomic mass is 10.2. The van der Waals surface area contributed by atoms with E-state index in [2.05, 4.69) is 15.3 Å². The fraction of sp³-hybridized carbons (Fsp3) is 0.231.